The van der Waals surface area contributed by atoms with E-state index in [2.05, 4.69) is 41.1 Å². The quantitative estimate of drug-likeness (QED) is 0.605. The molecule has 2 saturated heterocycles. The lowest BCUT2D eigenvalue weighted by atomic mass is 10.1. The van der Waals surface area contributed by atoms with Gasteiger partial charge in [0.25, 0.3) is 0 Å². The van der Waals surface area contributed by atoms with Crippen LogP contribution in [0.5, 0.6) is 0 Å². The molecule has 0 amide bonds. The van der Waals surface area contributed by atoms with Crippen LogP contribution in [-0.4, -0.2) is 72.6 Å². The Bertz CT molecular complexity index is 583. The molecule has 0 aromatic carbocycles. The van der Waals surface area contributed by atoms with Crippen LogP contribution in [0, 0.1) is 0 Å². The van der Waals surface area contributed by atoms with Crippen molar-refractivity contribution in [1.29, 1.82) is 0 Å². The van der Waals surface area contributed by atoms with E-state index in [4.69, 9.17) is 19.0 Å². The van der Waals surface area contributed by atoms with Gasteiger partial charge in [0.05, 0.1) is 19.3 Å². The Morgan fingerprint density at radius 2 is 2.15 bits per heavy atom. The van der Waals surface area contributed by atoms with E-state index in [1.807, 2.05) is 0 Å². The van der Waals surface area contributed by atoms with Crippen molar-refractivity contribution in [2.24, 2.45) is 4.99 Å². The zero-order chi connectivity index (χ0) is 18.4. The summed E-state index contributed by atoms with van der Waals surface area (Å²) in [6.45, 7) is 10.8. The maximum Gasteiger partial charge on any atom is 0.228 e. The zero-order valence-corrected chi connectivity index (χ0v) is 16.1. The number of hydrogen-bond acceptors (Lipinski definition) is 6. The molecule has 0 spiro atoms. The Labute approximate surface area is 155 Å². The summed E-state index contributed by atoms with van der Waals surface area (Å²) in [5.41, 5.74) is 0. The molecule has 146 valence electrons. The molecular weight excluding hydrogens is 334 g/mol. The molecule has 3 heterocycles. The van der Waals surface area contributed by atoms with E-state index in [9.17, 15) is 0 Å². The number of ether oxygens (including phenoxy) is 2. The van der Waals surface area contributed by atoms with Crippen molar-refractivity contribution in [3.8, 4) is 0 Å². The first-order chi connectivity index (χ1) is 12.7. The standard InChI is InChI=1S/C18H31N5O3/c1-4-19-18(20-8-7-16-21-17(13(2)3)22-26-16)23-9-11-25-15(12-23)14-6-5-10-24-14/h13-15H,4-12H2,1-3H3,(H,19,20). The van der Waals surface area contributed by atoms with Crippen molar-refractivity contribution >= 4 is 5.96 Å². The first-order valence-electron chi connectivity index (χ1n) is 9.76. The molecule has 1 aromatic heterocycles. The summed E-state index contributed by atoms with van der Waals surface area (Å²) in [4.78, 5) is 11.4. The van der Waals surface area contributed by atoms with Crippen LogP contribution in [0.3, 0.4) is 0 Å². The largest absolute Gasteiger partial charge is 0.375 e. The molecule has 8 heteroatoms. The van der Waals surface area contributed by atoms with E-state index in [0.29, 0.717) is 25.5 Å². The van der Waals surface area contributed by atoms with Gasteiger partial charge in [-0.1, -0.05) is 19.0 Å². The molecule has 0 radical (unpaired) electrons. The molecule has 2 aliphatic heterocycles. The van der Waals surface area contributed by atoms with Crippen molar-refractivity contribution in [2.75, 3.05) is 39.4 Å². The monoisotopic (exact) mass is 365 g/mol. The molecule has 2 unspecified atom stereocenters. The normalized spacial score (nSPS) is 24.5. The number of morpholine rings is 1. The molecule has 8 nitrogen and oxygen atoms in total. The Balaban J connectivity index is 1.56. The highest BCUT2D eigenvalue weighted by atomic mass is 16.5. The van der Waals surface area contributed by atoms with Crippen LogP contribution in [0.1, 0.15) is 51.2 Å². The summed E-state index contributed by atoms with van der Waals surface area (Å²) in [6, 6.07) is 0. The molecule has 1 aromatic rings. The van der Waals surface area contributed by atoms with Crippen LogP contribution in [-0.2, 0) is 15.9 Å². The van der Waals surface area contributed by atoms with Crippen LogP contribution in [0.15, 0.2) is 9.52 Å². The zero-order valence-electron chi connectivity index (χ0n) is 16.1. The van der Waals surface area contributed by atoms with Gasteiger partial charge in [-0.2, -0.15) is 4.98 Å². The number of nitrogens with one attached hydrogen (secondary N) is 1. The summed E-state index contributed by atoms with van der Waals surface area (Å²) >= 11 is 0. The minimum atomic E-state index is 0.125. The SMILES string of the molecule is CCNC(=NCCc1nc(C(C)C)no1)N1CCOC(C2CCCO2)C1. The van der Waals surface area contributed by atoms with Gasteiger partial charge in [0, 0.05) is 38.6 Å². The molecular formula is C18H31N5O3. The average molecular weight is 365 g/mol. The predicted molar refractivity (Wildman–Crippen MR) is 98.4 cm³/mol. The molecule has 2 aliphatic rings. The third kappa shape index (κ3) is 4.94. The molecule has 0 saturated carbocycles. The first-order valence-corrected chi connectivity index (χ1v) is 9.76. The van der Waals surface area contributed by atoms with Crippen LogP contribution in [0.4, 0.5) is 0 Å². The van der Waals surface area contributed by atoms with Gasteiger partial charge in [-0.15, -0.1) is 0 Å². The highest BCUT2D eigenvalue weighted by Gasteiger charge is 2.32. The maximum atomic E-state index is 5.94. The van der Waals surface area contributed by atoms with Crippen LogP contribution in [0.2, 0.25) is 0 Å². The summed E-state index contributed by atoms with van der Waals surface area (Å²) in [6.07, 6.45) is 3.20. The Morgan fingerprint density at radius 1 is 1.31 bits per heavy atom. The van der Waals surface area contributed by atoms with Crippen LogP contribution < -0.4 is 5.32 Å². The van der Waals surface area contributed by atoms with Gasteiger partial charge in [0.1, 0.15) is 6.10 Å². The van der Waals surface area contributed by atoms with Crippen molar-refractivity contribution < 1.29 is 14.0 Å². The number of nitrogens with zero attached hydrogens (tertiary/aromatic N) is 4. The second-order valence-electron chi connectivity index (χ2n) is 7.09. The molecule has 1 N–H and O–H groups in total. The van der Waals surface area contributed by atoms with Gasteiger partial charge in [0.15, 0.2) is 11.8 Å². The van der Waals surface area contributed by atoms with Crippen LogP contribution >= 0.6 is 0 Å². The van der Waals surface area contributed by atoms with E-state index >= 15 is 0 Å². The van der Waals surface area contributed by atoms with Crippen LogP contribution in [0.25, 0.3) is 0 Å². The van der Waals surface area contributed by atoms with Crippen molar-refractivity contribution in [2.45, 2.75) is 58.2 Å². The third-order valence-corrected chi connectivity index (χ3v) is 4.69. The molecule has 2 fully saturated rings. The summed E-state index contributed by atoms with van der Waals surface area (Å²) < 4.78 is 17.0. The fraction of sp³-hybridized carbons (Fsp3) is 0.833. The lowest BCUT2D eigenvalue weighted by Crippen LogP contribution is -2.53. The van der Waals surface area contributed by atoms with Gasteiger partial charge < -0.3 is 24.2 Å². The number of aliphatic imine (C=N–C) groups is 1. The minimum absolute atomic E-state index is 0.125. The number of hydrogen-bond donors (Lipinski definition) is 1. The molecule has 0 aliphatic carbocycles. The Kier molecular flexibility index (Phi) is 6.85. The predicted octanol–water partition coefficient (Wildman–Crippen LogP) is 1.58. The van der Waals surface area contributed by atoms with E-state index < -0.39 is 0 Å². The minimum Gasteiger partial charge on any atom is -0.375 e. The van der Waals surface area contributed by atoms with Gasteiger partial charge in [0.2, 0.25) is 5.89 Å². The molecule has 2 atom stereocenters. The Morgan fingerprint density at radius 3 is 2.85 bits per heavy atom. The van der Waals surface area contributed by atoms with Gasteiger partial charge >= 0.3 is 0 Å². The van der Waals surface area contributed by atoms with Gasteiger partial charge in [-0.3, -0.25) is 4.99 Å². The maximum absolute atomic E-state index is 5.94. The highest BCUT2D eigenvalue weighted by molar-refractivity contribution is 5.80. The molecule has 3 rings (SSSR count). The summed E-state index contributed by atoms with van der Waals surface area (Å²) in [5.74, 6) is 2.59. The van der Waals surface area contributed by atoms with Crippen molar-refractivity contribution in [1.82, 2.24) is 20.4 Å². The first kappa shape index (κ1) is 19.1. The van der Waals surface area contributed by atoms with Crippen molar-refractivity contribution in [3.05, 3.63) is 11.7 Å². The van der Waals surface area contributed by atoms with E-state index in [0.717, 1.165) is 50.9 Å². The molecule has 0 bridgehead atoms. The average Bonchev–Trinajstić information content (AvgIpc) is 3.33. The second kappa shape index (κ2) is 9.32. The number of aromatic nitrogens is 2. The highest BCUT2D eigenvalue weighted by Crippen LogP contribution is 2.21. The van der Waals surface area contributed by atoms with E-state index in [1.54, 1.807) is 0 Å². The second-order valence-corrected chi connectivity index (χ2v) is 7.09. The van der Waals surface area contributed by atoms with E-state index in [-0.39, 0.29) is 18.1 Å². The Hall–Kier alpha value is -1.67. The van der Waals surface area contributed by atoms with Gasteiger partial charge in [-0.25, -0.2) is 0 Å². The summed E-state index contributed by atoms with van der Waals surface area (Å²) in [5, 5.41) is 7.39. The number of guanidine groups is 1. The smallest absolute Gasteiger partial charge is 0.228 e. The number of rotatable bonds is 6. The van der Waals surface area contributed by atoms with Gasteiger partial charge in [-0.05, 0) is 19.8 Å². The topological polar surface area (TPSA) is 85.0 Å². The lowest BCUT2D eigenvalue weighted by molar-refractivity contribution is -0.0817. The fourth-order valence-corrected chi connectivity index (χ4v) is 3.28. The third-order valence-electron chi connectivity index (χ3n) is 4.69. The van der Waals surface area contributed by atoms with E-state index in [1.165, 1.54) is 0 Å². The fourth-order valence-electron chi connectivity index (χ4n) is 3.28. The van der Waals surface area contributed by atoms with Crippen molar-refractivity contribution in [3.63, 3.8) is 0 Å². The lowest BCUT2D eigenvalue weighted by Gasteiger charge is -2.37. The summed E-state index contributed by atoms with van der Waals surface area (Å²) in [7, 11) is 0. The molecule has 26 heavy (non-hydrogen) atoms.